The number of ether oxygens (including phenoxy) is 1. The topological polar surface area (TPSA) is 72.0 Å². The zero-order valence-electron chi connectivity index (χ0n) is 12.0. The lowest BCUT2D eigenvalue weighted by molar-refractivity contribution is 0.379. The molecule has 0 radical (unpaired) electrons. The van der Waals surface area contributed by atoms with E-state index in [1.807, 2.05) is 6.07 Å². The molecule has 0 saturated carbocycles. The third kappa shape index (κ3) is 3.36. The first kappa shape index (κ1) is 14.5. The van der Waals surface area contributed by atoms with Crippen molar-refractivity contribution in [1.82, 2.24) is 15.0 Å². The Balaban J connectivity index is 2.26. The van der Waals surface area contributed by atoms with E-state index in [-0.39, 0.29) is 6.04 Å². The van der Waals surface area contributed by atoms with Gasteiger partial charge in [-0.1, -0.05) is 19.9 Å². The summed E-state index contributed by atoms with van der Waals surface area (Å²) in [5, 5.41) is 8.33. The van der Waals surface area contributed by atoms with Gasteiger partial charge in [-0.05, 0) is 17.4 Å². The summed E-state index contributed by atoms with van der Waals surface area (Å²) in [5.41, 5.74) is 0. The number of methoxy groups -OCH3 is 1. The molecule has 2 aromatic rings. The average molecular weight is 293 g/mol. The first-order valence-corrected chi connectivity index (χ1v) is 7.29. The fourth-order valence-electron chi connectivity index (χ4n) is 1.80. The van der Waals surface area contributed by atoms with Crippen molar-refractivity contribution < 1.29 is 4.74 Å². The maximum absolute atomic E-state index is 5.09. The van der Waals surface area contributed by atoms with Gasteiger partial charge in [0.05, 0.1) is 13.2 Å². The molecule has 2 N–H and O–H groups in total. The van der Waals surface area contributed by atoms with Gasteiger partial charge in [0.15, 0.2) is 0 Å². The average Bonchev–Trinajstić information content (AvgIpc) is 2.97. The van der Waals surface area contributed by atoms with Gasteiger partial charge in [-0.3, -0.25) is 0 Å². The van der Waals surface area contributed by atoms with Crippen molar-refractivity contribution in [3.8, 4) is 6.01 Å². The molecule has 1 unspecified atom stereocenters. The van der Waals surface area contributed by atoms with Gasteiger partial charge in [0, 0.05) is 11.9 Å². The predicted octanol–water partition coefficient (Wildman–Crippen LogP) is 2.79. The minimum atomic E-state index is 0.159. The predicted molar refractivity (Wildman–Crippen MR) is 81.4 cm³/mol. The number of hydrogen-bond donors (Lipinski definition) is 2. The van der Waals surface area contributed by atoms with E-state index >= 15 is 0 Å². The van der Waals surface area contributed by atoms with Crippen LogP contribution in [0.25, 0.3) is 0 Å². The third-order valence-electron chi connectivity index (χ3n) is 2.82. The van der Waals surface area contributed by atoms with Gasteiger partial charge in [0.25, 0.3) is 0 Å². The molecule has 0 bridgehead atoms. The smallest absolute Gasteiger partial charge is 0.322 e. The van der Waals surface area contributed by atoms with Crippen LogP contribution >= 0.6 is 11.3 Å². The van der Waals surface area contributed by atoms with Crippen molar-refractivity contribution in [2.24, 2.45) is 5.92 Å². The van der Waals surface area contributed by atoms with Crippen LogP contribution < -0.4 is 15.4 Å². The van der Waals surface area contributed by atoms with Crippen molar-refractivity contribution in [3.63, 3.8) is 0 Å². The van der Waals surface area contributed by atoms with Gasteiger partial charge in [-0.15, -0.1) is 11.3 Å². The number of thiophene rings is 1. The largest absolute Gasteiger partial charge is 0.467 e. The molecule has 0 fully saturated rings. The van der Waals surface area contributed by atoms with Crippen LogP contribution in [-0.4, -0.2) is 29.1 Å². The Morgan fingerprint density at radius 2 is 1.95 bits per heavy atom. The lowest BCUT2D eigenvalue weighted by Gasteiger charge is -2.21. The highest BCUT2D eigenvalue weighted by molar-refractivity contribution is 7.10. The Kier molecular flexibility index (Phi) is 4.73. The summed E-state index contributed by atoms with van der Waals surface area (Å²) in [4.78, 5) is 13.9. The van der Waals surface area contributed by atoms with Crippen molar-refractivity contribution in [3.05, 3.63) is 22.4 Å². The fourth-order valence-corrected chi connectivity index (χ4v) is 2.75. The highest BCUT2D eigenvalue weighted by atomic mass is 32.1. The van der Waals surface area contributed by atoms with E-state index in [1.54, 1.807) is 18.4 Å². The van der Waals surface area contributed by atoms with Crippen molar-refractivity contribution in [2.45, 2.75) is 19.9 Å². The van der Waals surface area contributed by atoms with E-state index in [4.69, 9.17) is 4.74 Å². The number of rotatable bonds is 6. The summed E-state index contributed by atoms with van der Waals surface area (Å²) < 4.78 is 5.09. The van der Waals surface area contributed by atoms with Gasteiger partial charge >= 0.3 is 6.01 Å². The van der Waals surface area contributed by atoms with E-state index in [2.05, 4.69) is 50.9 Å². The second kappa shape index (κ2) is 6.51. The standard InChI is InChI=1S/C13H19N5OS/c1-8(2)10(9-6-5-7-20-9)15-12-16-11(14-3)17-13(18-12)19-4/h5-8,10H,1-4H3,(H2,14,15,16,17,18). The number of aromatic nitrogens is 3. The number of nitrogens with one attached hydrogen (secondary N) is 2. The lowest BCUT2D eigenvalue weighted by Crippen LogP contribution is -2.18. The first-order valence-electron chi connectivity index (χ1n) is 6.41. The van der Waals surface area contributed by atoms with E-state index in [0.717, 1.165) is 0 Å². The number of anilines is 2. The van der Waals surface area contributed by atoms with E-state index < -0.39 is 0 Å². The van der Waals surface area contributed by atoms with Gasteiger partial charge in [0.2, 0.25) is 11.9 Å². The summed E-state index contributed by atoms with van der Waals surface area (Å²) in [6.45, 7) is 4.32. The molecule has 7 heteroatoms. The molecule has 0 spiro atoms. The summed E-state index contributed by atoms with van der Waals surface area (Å²) >= 11 is 1.72. The molecule has 20 heavy (non-hydrogen) atoms. The zero-order chi connectivity index (χ0) is 14.5. The van der Waals surface area contributed by atoms with Gasteiger partial charge < -0.3 is 15.4 Å². The monoisotopic (exact) mass is 293 g/mol. The van der Waals surface area contributed by atoms with Crippen LogP contribution in [0, 0.1) is 5.92 Å². The Hall–Kier alpha value is -1.89. The highest BCUT2D eigenvalue weighted by Crippen LogP contribution is 2.29. The minimum absolute atomic E-state index is 0.159. The molecule has 0 aliphatic heterocycles. The second-order valence-corrected chi connectivity index (χ2v) is 5.58. The second-order valence-electron chi connectivity index (χ2n) is 4.60. The van der Waals surface area contributed by atoms with Gasteiger partial charge in [-0.25, -0.2) is 0 Å². The zero-order valence-corrected chi connectivity index (χ0v) is 12.9. The number of nitrogens with zero attached hydrogens (tertiary/aromatic N) is 3. The molecule has 0 amide bonds. The van der Waals surface area contributed by atoms with Crippen LogP contribution in [0.3, 0.4) is 0 Å². The molecule has 2 rings (SSSR count). The Bertz CT molecular complexity index is 521. The Morgan fingerprint density at radius 1 is 1.20 bits per heavy atom. The first-order chi connectivity index (χ1) is 9.63. The van der Waals surface area contributed by atoms with Crippen molar-refractivity contribution in [1.29, 1.82) is 0 Å². The van der Waals surface area contributed by atoms with Crippen LogP contribution in [0.15, 0.2) is 17.5 Å². The van der Waals surface area contributed by atoms with Crippen molar-refractivity contribution >= 4 is 23.2 Å². The van der Waals surface area contributed by atoms with Gasteiger partial charge in [-0.2, -0.15) is 15.0 Å². The van der Waals surface area contributed by atoms with E-state index in [1.165, 1.54) is 12.0 Å². The van der Waals surface area contributed by atoms with Crippen LogP contribution in [0.1, 0.15) is 24.8 Å². The molecule has 6 nitrogen and oxygen atoms in total. The molecular weight excluding hydrogens is 274 g/mol. The molecular formula is C13H19N5OS. The van der Waals surface area contributed by atoms with E-state index in [9.17, 15) is 0 Å². The molecule has 2 aromatic heterocycles. The molecule has 0 aliphatic carbocycles. The van der Waals surface area contributed by atoms with Crippen LogP contribution in [0.4, 0.5) is 11.9 Å². The molecule has 0 saturated heterocycles. The molecule has 0 aliphatic rings. The normalized spacial score (nSPS) is 12.2. The van der Waals surface area contributed by atoms with Crippen LogP contribution in [-0.2, 0) is 0 Å². The van der Waals surface area contributed by atoms with Crippen LogP contribution in [0.2, 0.25) is 0 Å². The highest BCUT2D eigenvalue weighted by Gasteiger charge is 2.18. The quantitative estimate of drug-likeness (QED) is 0.853. The maximum atomic E-state index is 5.09. The Labute approximate surface area is 122 Å². The lowest BCUT2D eigenvalue weighted by atomic mass is 10.0. The number of hydrogen-bond acceptors (Lipinski definition) is 7. The Morgan fingerprint density at radius 3 is 2.50 bits per heavy atom. The minimum Gasteiger partial charge on any atom is -0.467 e. The van der Waals surface area contributed by atoms with Crippen LogP contribution in [0.5, 0.6) is 6.01 Å². The molecule has 2 heterocycles. The SMILES string of the molecule is CNc1nc(NC(c2cccs2)C(C)C)nc(OC)n1. The summed E-state index contributed by atoms with van der Waals surface area (Å²) in [7, 11) is 3.30. The summed E-state index contributed by atoms with van der Waals surface area (Å²) in [6, 6.07) is 4.61. The van der Waals surface area contributed by atoms with E-state index in [0.29, 0.717) is 23.8 Å². The maximum Gasteiger partial charge on any atom is 0.322 e. The van der Waals surface area contributed by atoms with Crippen molar-refractivity contribution in [2.75, 3.05) is 24.8 Å². The molecule has 108 valence electrons. The molecule has 0 aromatic carbocycles. The molecule has 1 atom stereocenters. The van der Waals surface area contributed by atoms with Gasteiger partial charge in [0.1, 0.15) is 0 Å². The third-order valence-corrected chi connectivity index (χ3v) is 3.78. The summed E-state index contributed by atoms with van der Waals surface area (Å²) in [6.07, 6.45) is 0. The summed E-state index contributed by atoms with van der Waals surface area (Å²) in [5.74, 6) is 1.40. The fraction of sp³-hybridized carbons (Fsp3) is 0.462.